The summed E-state index contributed by atoms with van der Waals surface area (Å²) in [4.78, 5) is 48.4. The molecule has 3 heterocycles. The molecule has 0 N–H and O–H groups in total. The maximum absolute atomic E-state index is 13.4. The Kier molecular flexibility index (Phi) is 6.59. The van der Waals surface area contributed by atoms with Gasteiger partial charge in [0.25, 0.3) is 11.5 Å². The number of hydrogen-bond acceptors (Lipinski definition) is 5. The van der Waals surface area contributed by atoms with Crippen LogP contribution in [0.25, 0.3) is 16.7 Å². The third kappa shape index (κ3) is 4.62. The molecule has 180 valence electrons. The lowest BCUT2D eigenvalue weighted by atomic mass is 10.1. The van der Waals surface area contributed by atoms with Crippen LogP contribution in [0.3, 0.4) is 0 Å². The molecule has 4 aromatic rings. The molecule has 0 atom stereocenters. The minimum atomic E-state index is -0.716. The Balaban J connectivity index is 2.15. The Morgan fingerprint density at radius 1 is 1.14 bits per heavy atom. The molecule has 35 heavy (non-hydrogen) atoms. The predicted octanol–water partition coefficient (Wildman–Crippen LogP) is 3.67. The van der Waals surface area contributed by atoms with Gasteiger partial charge in [-0.15, -0.1) is 0 Å². The molecule has 0 aliphatic carbocycles. The first-order chi connectivity index (χ1) is 16.7. The van der Waals surface area contributed by atoms with Crippen molar-refractivity contribution in [1.29, 1.82) is 0 Å². The van der Waals surface area contributed by atoms with Gasteiger partial charge in [0, 0.05) is 18.3 Å². The summed E-state index contributed by atoms with van der Waals surface area (Å²) in [6.07, 6.45) is 1.62. The lowest BCUT2D eigenvalue weighted by molar-refractivity contribution is 0.0523. The highest BCUT2D eigenvalue weighted by molar-refractivity contribution is 5.97. The number of fused-ring (bicyclic) bond motifs is 2. The summed E-state index contributed by atoms with van der Waals surface area (Å²) in [6, 6.07) is 9.93. The van der Waals surface area contributed by atoms with Crippen molar-refractivity contribution in [3.8, 4) is 0 Å². The third-order valence-corrected chi connectivity index (χ3v) is 5.45. The minimum absolute atomic E-state index is 0.0260. The fraction of sp³-hybridized carbons (Fsp3) is 0.269. The summed E-state index contributed by atoms with van der Waals surface area (Å²) >= 11 is 0. The molecule has 0 fully saturated rings. The molecule has 0 saturated heterocycles. The molecule has 0 radical (unpaired) electrons. The van der Waals surface area contributed by atoms with Crippen molar-refractivity contribution in [2.24, 2.45) is 10.9 Å². The summed E-state index contributed by atoms with van der Waals surface area (Å²) in [5.74, 6) is -1.80. The number of nitrogens with zero attached hydrogens (tertiary/aromatic N) is 4. The highest BCUT2D eigenvalue weighted by atomic mass is 19.1. The van der Waals surface area contributed by atoms with E-state index in [2.05, 4.69) is 4.99 Å². The first-order valence-corrected chi connectivity index (χ1v) is 11.3. The van der Waals surface area contributed by atoms with Gasteiger partial charge in [-0.3, -0.25) is 14.0 Å². The van der Waals surface area contributed by atoms with Crippen LogP contribution in [0.4, 0.5) is 4.39 Å². The number of aryl methyl sites for hydroxylation is 1. The van der Waals surface area contributed by atoms with E-state index in [1.165, 1.54) is 22.6 Å². The summed E-state index contributed by atoms with van der Waals surface area (Å²) in [5.41, 5.74) is 1.36. The van der Waals surface area contributed by atoms with E-state index in [0.717, 1.165) is 17.7 Å². The van der Waals surface area contributed by atoms with Crippen molar-refractivity contribution < 1.29 is 18.7 Å². The van der Waals surface area contributed by atoms with Crippen LogP contribution in [0.1, 0.15) is 47.1 Å². The highest BCUT2D eigenvalue weighted by Gasteiger charge is 2.21. The SMILES string of the molecule is CCOC(=O)c1cc2c(=O)n3cccc(C)c3nc2n(CC(C)C)c1=NC(=O)c1ccc(F)cc1. The quantitative estimate of drug-likeness (QED) is 0.324. The van der Waals surface area contributed by atoms with Crippen molar-refractivity contribution in [2.45, 2.75) is 34.2 Å². The fourth-order valence-corrected chi connectivity index (χ4v) is 3.86. The molecular weight excluding hydrogens is 451 g/mol. The van der Waals surface area contributed by atoms with E-state index < -0.39 is 17.7 Å². The van der Waals surface area contributed by atoms with Crippen molar-refractivity contribution in [2.75, 3.05) is 6.61 Å². The van der Waals surface area contributed by atoms with E-state index in [-0.39, 0.29) is 40.1 Å². The summed E-state index contributed by atoms with van der Waals surface area (Å²) in [5, 5.41) is 0.199. The van der Waals surface area contributed by atoms with Crippen molar-refractivity contribution in [1.82, 2.24) is 14.0 Å². The zero-order chi connectivity index (χ0) is 25.3. The van der Waals surface area contributed by atoms with Crippen LogP contribution in [0.2, 0.25) is 0 Å². The number of carbonyl (C=O) groups is 2. The van der Waals surface area contributed by atoms with Crippen LogP contribution in [0.15, 0.2) is 58.4 Å². The zero-order valence-electron chi connectivity index (χ0n) is 19.9. The van der Waals surface area contributed by atoms with Crippen LogP contribution in [0.5, 0.6) is 0 Å². The van der Waals surface area contributed by atoms with Gasteiger partial charge in [-0.05, 0) is 61.7 Å². The van der Waals surface area contributed by atoms with Gasteiger partial charge in [0.05, 0.1) is 12.0 Å². The van der Waals surface area contributed by atoms with Crippen LogP contribution < -0.4 is 11.0 Å². The number of halogens is 1. The third-order valence-electron chi connectivity index (χ3n) is 5.45. The Hall–Kier alpha value is -4.14. The van der Waals surface area contributed by atoms with E-state index in [9.17, 15) is 18.8 Å². The van der Waals surface area contributed by atoms with Gasteiger partial charge < -0.3 is 9.30 Å². The first kappa shape index (κ1) is 24.0. The lowest BCUT2D eigenvalue weighted by Crippen LogP contribution is -2.34. The summed E-state index contributed by atoms with van der Waals surface area (Å²) < 4.78 is 21.6. The number of hydrogen-bond donors (Lipinski definition) is 0. The van der Waals surface area contributed by atoms with E-state index in [1.807, 2.05) is 26.8 Å². The number of rotatable bonds is 5. The van der Waals surface area contributed by atoms with Gasteiger partial charge >= 0.3 is 5.97 Å². The molecule has 1 amide bonds. The number of amides is 1. The number of pyridine rings is 2. The first-order valence-electron chi connectivity index (χ1n) is 11.3. The van der Waals surface area contributed by atoms with Crippen LogP contribution in [-0.2, 0) is 11.3 Å². The number of carbonyl (C=O) groups excluding carboxylic acids is 2. The van der Waals surface area contributed by atoms with Crippen molar-refractivity contribution in [3.63, 3.8) is 0 Å². The Labute approximate surface area is 200 Å². The van der Waals surface area contributed by atoms with Gasteiger partial charge in [-0.1, -0.05) is 19.9 Å². The molecule has 0 aliphatic rings. The summed E-state index contributed by atoms with van der Waals surface area (Å²) in [7, 11) is 0. The number of aromatic nitrogens is 3. The fourth-order valence-electron chi connectivity index (χ4n) is 3.86. The van der Waals surface area contributed by atoms with Gasteiger partial charge in [-0.2, -0.15) is 4.99 Å². The maximum Gasteiger partial charge on any atom is 0.341 e. The predicted molar refractivity (Wildman–Crippen MR) is 129 cm³/mol. The molecule has 4 rings (SSSR count). The number of esters is 1. The summed E-state index contributed by atoms with van der Waals surface area (Å²) in [6.45, 7) is 7.85. The van der Waals surface area contributed by atoms with Gasteiger partial charge in [0.2, 0.25) is 0 Å². The zero-order valence-corrected chi connectivity index (χ0v) is 19.9. The average molecular weight is 477 g/mol. The Morgan fingerprint density at radius 2 is 1.86 bits per heavy atom. The molecule has 0 bridgehead atoms. The van der Waals surface area contributed by atoms with Gasteiger partial charge in [-0.25, -0.2) is 14.2 Å². The van der Waals surface area contributed by atoms with Crippen molar-refractivity contribution in [3.05, 3.63) is 87.0 Å². The van der Waals surface area contributed by atoms with Crippen molar-refractivity contribution >= 4 is 28.6 Å². The van der Waals surface area contributed by atoms with E-state index >= 15 is 0 Å². The second-order valence-electron chi connectivity index (χ2n) is 8.57. The van der Waals surface area contributed by atoms with E-state index in [1.54, 1.807) is 23.8 Å². The molecule has 9 heteroatoms. The number of benzene rings is 1. The second-order valence-corrected chi connectivity index (χ2v) is 8.57. The van der Waals surface area contributed by atoms with Crippen LogP contribution in [0, 0.1) is 18.7 Å². The maximum atomic E-state index is 13.4. The molecule has 0 saturated carbocycles. The van der Waals surface area contributed by atoms with Crippen LogP contribution in [-0.4, -0.2) is 32.4 Å². The molecule has 1 aromatic carbocycles. The molecule has 0 aliphatic heterocycles. The van der Waals surface area contributed by atoms with Crippen LogP contribution >= 0.6 is 0 Å². The molecule has 8 nitrogen and oxygen atoms in total. The molecule has 3 aromatic heterocycles. The molecule has 0 unspecified atom stereocenters. The topological polar surface area (TPSA) is 95.0 Å². The van der Waals surface area contributed by atoms with E-state index in [4.69, 9.17) is 9.72 Å². The Morgan fingerprint density at radius 3 is 2.51 bits per heavy atom. The van der Waals surface area contributed by atoms with Gasteiger partial charge in [0.1, 0.15) is 22.7 Å². The Bertz CT molecular complexity index is 1580. The average Bonchev–Trinajstić information content (AvgIpc) is 2.81. The lowest BCUT2D eigenvalue weighted by Gasteiger charge is -2.17. The molecule has 0 spiro atoms. The van der Waals surface area contributed by atoms with Gasteiger partial charge in [0.15, 0.2) is 5.49 Å². The highest BCUT2D eigenvalue weighted by Crippen LogP contribution is 2.15. The molecular formula is C26H25FN4O4. The standard InChI is InChI=1S/C26H25FN4O4/c1-5-35-26(34)20-13-19-22(28-21-16(4)7-6-12-30(21)25(19)33)31(14-15(2)3)23(20)29-24(32)17-8-10-18(27)11-9-17/h6-13,15H,5,14H2,1-4H3. The van der Waals surface area contributed by atoms with E-state index in [0.29, 0.717) is 17.8 Å². The minimum Gasteiger partial charge on any atom is -0.462 e. The largest absolute Gasteiger partial charge is 0.462 e. The smallest absolute Gasteiger partial charge is 0.341 e. The second kappa shape index (κ2) is 9.61. The monoisotopic (exact) mass is 476 g/mol. The number of ether oxygens (including phenoxy) is 1. The normalized spacial score (nSPS) is 12.0.